The zero-order valence-electron chi connectivity index (χ0n) is 9.80. The standard InChI is InChI=1S/C6H6N6.C4H9N/c1-7-4-10-5(8-2)12-6(9-3)11-4;1-3-4-5-2/h1-3H2;3,5H,1,4H2,2H3. The summed E-state index contributed by atoms with van der Waals surface area (Å²) in [5.74, 6) is 0.486. The van der Waals surface area contributed by atoms with Crippen LogP contribution in [0.15, 0.2) is 27.6 Å². The van der Waals surface area contributed by atoms with Crippen LogP contribution in [0.25, 0.3) is 0 Å². The molecule has 0 aliphatic rings. The number of nitrogens with zero attached hydrogens (tertiary/aromatic N) is 6. The Hall–Kier alpha value is -2.28. The van der Waals surface area contributed by atoms with Gasteiger partial charge in [-0.25, -0.2) is 15.0 Å². The van der Waals surface area contributed by atoms with E-state index in [0.717, 1.165) is 6.54 Å². The second-order valence-corrected chi connectivity index (χ2v) is 2.56. The Labute approximate surface area is 100 Å². The maximum absolute atomic E-state index is 3.75. The van der Waals surface area contributed by atoms with Gasteiger partial charge in [-0.15, -0.1) is 6.58 Å². The van der Waals surface area contributed by atoms with E-state index >= 15 is 0 Å². The summed E-state index contributed by atoms with van der Waals surface area (Å²) in [6.07, 6.45) is 1.82. The largest absolute Gasteiger partial charge is 0.316 e. The molecule has 0 radical (unpaired) electrons. The van der Waals surface area contributed by atoms with Crippen LogP contribution in [0.4, 0.5) is 17.8 Å². The first kappa shape index (κ1) is 14.7. The van der Waals surface area contributed by atoms with Crippen molar-refractivity contribution >= 4 is 38.0 Å². The van der Waals surface area contributed by atoms with E-state index in [1.165, 1.54) is 0 Å². The van der Waals surface area contributed by atoms with Gasteiger partial charge in [-0.1, -0.05) is 6.08 Å². The summed E-state index contributed by atoms with van der Waals surface area (Å²) in [5, 5.41) is 2.90. The first-order valence-electron chi connectivity index (χ1n) is 4.63. The molecule has 7 nitrogen and oxygen atoms in total. The fraction of sp³-hybridized carbons (Fsp3) is 0.200. The molecule has 90 valence electrons. The average Bonchev–Trinajstić information content (AvgIpc) is 2.39. The van der Waals surface area contributed by atoms with E-state index in [-0.39, 0.29) is 17.8 Å². The maximum atomic E-state index is 3.75. The molecule has 0 atom stereocenters. The Bertz CT molecular complexity index is 335. The molecule has 0 bridgehead atoms. The average molecular weight is 233 g/mol. The Morgan fingerprint density at radius 2 is 1.35 bits per heavy atom. The van der Waals surface area contributed by atoms with Crippen LogP contribution in [0, 0.1) is 0 Å². The minimum atomic E-state index is 0.162. The molecule has 17 heavy (non-hydrogen) atoms. The first-order valence-corrected chi connectivity index (χ1v) is 4.63. The number of hydrogen-bond donors (Lipinski definition) is 1. The van der Waals surface area contributed by atoms with E-state index in [2.05, 4.69) is 62.0 Å². The lowest BCUT2D eigenvalue weighted by Crippen LogP contribution is -2.02. The van der Waals surface area contributed by atoms with Gasteiger partial charge in [0, 0.05) is 6.54 Å². The predicted octanol–water partition coefficient (Wildman–Crippen LogP) is 1.26. The van der Waals surface area contributed by atoms with Crippen LogP contribution >= 0.6 is 0 Å². The topological polar surface area (TPSA) is 87.8 Å². The lowest BCUT2D eigenvalue weighted by Gasteiger charge is -1.94. The van der Waals surface area contributed by atoms with Gasteiger partial charge in [0.1, 0.15) is 0 Å². The van der Waals surface area contributed by atoms with Crippen molar-refractivity contribution < 1.29 is 0 Å². The Balaban J connectivity index is 0.000000437. The van der Waals surface area contributed by atoms with Crippen molar-refractivity contribution in [3.05, 3.63) is 12.7 Å². The van der Waals surface area contributed by atoms with Gasteiger partial charge in [0.15, 0.2) is 0 Å². The quantitative estimate of drug-likeness (QED) is 0.612. The van der Waals surface area contributed by atoms with E-state index in [0.29, 0.717) is 0 Å². The predicted molar refractivity (Wildman–Crippen MR) is 71.6 cm³/mol. The van der Waals surface area contributed by atoms with Crippen LogP contribution in [0.2, 0.25) is 0 Å². The summed E-state index contributed by atoms with van der Waals surface area (Å²) < 4.78 is 0. The van der Waals surface area contributed by atoms with E-state index in [1.54, 1.807) is 0 Å². The lowest BCUT2D eigenvalue weighted by molar-refractivity contribution is 0.921. The summed E-state index contributed by atoms with van der Waals surface area (Å²) in [5.41, 5.74) is 0. The molecule has 0 aliphatic heterocycles. The van der Waals surface area contributed by atoms with Gasteiger partial charge in [0.25, 0.3) is 17.8 Å². The van der Waals surface area contributed by atoms with Gasteiger partial charge >= 0.3 is 0 Å². The molecule has 0 aliphatic carbocycles. The van der Waals surface area contributed by atoms with Crippen molar-refractivity contribution in [2.45, 2.75) is 0 Å². The minimum absolute atomic E-state index is 0.162. The maximum Gasteiger partial charge on any atom is 0.255 e. The fourth-order valence-corrected chi connectivity index (χ4v) is 0.700. The van der Waals surface area contributed by atoms with Crippen molar-refractivity contribution in [1.82, 2.24) is 20.3 Å². The van der Waals surface area contributed by atoms with Crippen LogP contribution < -0.4 is 5.32 Å². The minimum Gasteiger partial charge on any atom is -0.316 e. The number of aliphatic imine (C=N–C) groups is 3. The molecule has 1 aromatic heterocycles. The van der Waals surface area contributed by atoms with Crippen LogP contribution in [0.3, 0.4) is 0 Å². The van der Waals surface area contributed by atoms with Crippen LogP contribution in [-0.2, 0) is 0 Å². The number of likely N-dealkylation sites (N-methyl/N-ethyl adjacent to an activating group) is 1. The van der Waals surface area contributed by atoms with Gasteiger partial charge in [0.2, 0.25) is 0 Å². The molecule has 0 saturated heterocycles. The third-order valence-corrected chi connectivity index (χ3v) is 1.37. The normalized spacial score (nSPS) is 8.53. The monoisotopic (exact) mass is 233 g/mol. The van der Waals surface area contributed by atoms with Gasteiger partial charge in [-0.3, -0.25) is 0 Å². The number of hydrogen-bond acceptors (Lipinski definition) is 7. The second kappa shape index (κ2) is 8.98. The summed E-state index contributed by atoms with van der Waals surface area (Å²) in [6, 6.07) is 0. The fourth-order valence-electron chi connectivity index (χ4n) is 0.700. The molecular weight excluding hydrogens is 218 g/mol. The SMILES string of the molecule is C=CCNC.C=Nc1nc(N=C)nc(N=C)n1. The van der Waals surface area contributed by atoms with Gasteiger partial charge in [-0.05, 0) is 27.2 Å². The van der Waals surface area contributed by atoms with Crippen LogP contribution in [-0.4, -0.2) is 48.7 Å². The molecule has 1 aromatic rings. The number of nitrogens with one attached hydrogen (secondary N) is 1. The highest BCUT2D eigenvalue weighted by Gasteiger charge is 2.00. The molecule has 1 rings (SSSR count). The van der Waals surface area contributed by atoms with Gasteiger partial charge < -0.3 is 5.32 Å². The lowest BCUT2D eigenvalue weighted by atomic mass is 10.6. The van der Waals surface area contributed by atoms with Crippen molar-refractivity contribution in [3.63, 3.8) is 0 Å². The number of aromatic nitrogens is 3. The van der Waals surface area contributed by atoms with E-state index in [9.17, 15) is 0 Å². The van der Waals surface area contributed by atoms with Crippen LogP contribution in [0.1, 0.15) is 0 Å². The van der Waals surface area contributed by atoms with Crippen molar-refractivity contribution in [3.8, 4) is 0 Å². The van der Waals surface area contributed by atoms with E-state index in [4.69, 9.17) is 0 Å². The van der Waals surface area contributed by atoms with Crippen LogP contribution in [0.5, 0.6) is 0 Å². The van der Waals surface area contributed by atoms with Crippen molar-refractivity contribution in [2.75, 3.05) is 13.6 Å². The highest BCUT2D eigenvalue weighted by Crippen LogP contribution is 2.13. The highest BCUT2D eigenvalue weighted by molar-refractivity contribution is 5.44. The molecule has 0 amide bonds. The molecule has 0 saturated carbocycles. The zero-order valence-corrected chi connectivity index (χ0v) is 9.80. The van der Waals surface area contributed by atoms with Crippen molar-refractivity contribution in [2.24, 2.45) is 15.0 Å². The van der Waals surface area contributed by atoms with Gasteiger partial charge in [-0.2, -0.15) is 15.0 Å². The van der Waals surface area contributed by atoms with E-state index in [1.807, 2.05) is 13.1 Å². The Kier molecular flexibility index (Phi) is 7.78. The summed E-state index contributed by atoms with van der Waals surface area (Å²) >= 11 is 0. The summed E-state index contributed by atoms with van der Waals surface area (Å²) in [7, 11) is 1.89. The molecule has 0 unspecified atom stereocenters. The van der Waals surface area contributed by atoms with Gasteiger partial charge in [0.05, 0.1) is 0 Å². The first-order chi connectivity index (χ1) is 8.21. The number of rotatable bonds is 5. The Morgan fingerprint density at radius 1 is 1.00 bits per heavy atom. The molecule has 0 aromatic carbocycles. The highest BCUT2D eigenvalue weighted by atomic mass is 15.2. The zero-order chi connectivity index (χ0) is 13.1. The third kappa shape index (κ3) is 6.00. The molecule has 0 spiro atoms. The molecular formula is C10H15N7. The summed E-state index contributed by atoms with van der Waals surface area (Å²) in [4.78, 5) is 21.8. The second-order valence-electron chi connectivity index (χ2n) is 2.56. The molecule has 1 heterocycles. The van der Waals surface area contributed by atoms with Crippen molar-refractivity contribution in [1.29, 1.82) is 0 Å². The smallest absolute Gasteiger partial charge is 0.255 e. The van der Waals surface area contributed by atoms with E-state index < -0.39 is 0 Å². The summed E-state index contributed by atoms with van der Waals surface area (Å²) in [6.45, 7) is 14.2. The molecule has 7 heteroatoms. The molecule has 1 N–H and O–H groups in total. The molecule has 0 fully saturated rings. The Morgan fingerprint density at radius 3 is 1.47 bits per heavy atom. The third-order valence-electron chi connectivity index (χ3n) is 1.37.